The molecule has 1 atom stereocenters. The summed E-state index contributed by atoms with van der Waals surface area (Å²) in [6.07, 6.45) is 0.664. The predicted molar refractivity (Wildman–Crippen MR) is 77.2 cm³/mol. The Hall–Kier alpha value is -1.29. The molecule has 104 valence electrons. The molecule has 4 heteroatoms. The molecule has 1 unspecified atom stereocenters. The molecule has 0 heterocycles. The van der Waals surface area contributed by atoms with Gasteiger partial charge in [0.1, 0.15) is 0 Å². The lowest BCUT2D eigenvalue weighted by atomic mass is 10.1. The van der Waals surface area contributed by atoms with Gasteiger partial charge in [0.05, 0.1) is 11.9 Å². The van der Waals surface area contributed by atoms with Gasteiger partial charge >= 0.3 is 5.97 Å². The van der Waals surface area contributed by atoms with E-state index in [9.17, 15) is 9.59 Å². The van der Waals surface area contributed by atoms with E-state index in [1.165, 1.54) is 11.8 Å². The molecule has 1 aromatic carbocycles. The fourth-order valence-corrected chi connectivity index (χ4v) is 2.96. The monoisotopic (exact) mass is 280 g/mol. The summed E-state index contributed by atoms with van der Waals surface area (Å²) in [5.74, 6) is -0.819. The van der Waals surface area contributed by atoms with Gasteiger partial charge in [0.15, 0.2) is 0 Å². The maximum Gasteiger partial charge on any atom is 0.375 e. The highest BCUT2D eigenvalue weighted by molar-refractivity contribution is 8.00. The summed E-state index contributed by atoms with van der Waals surface area (Å²) in [5, 5.41) is -0.374. The zero-order valence-electron chi connectivity index (χ0n) is 11.6. The van der Waals surface area contributed by atoms with Gasteiger partial charge in [0, 0.05) is 4.90 Å². The highest BCUT2D eigenvalue weighted by atomic mass is 32.2. The highest BCUT2D eigenvalue weighted by Crippen LogP contribution is 2.28. The molecule has 0 amide bonds. The Kier molecular flexibility index (Phi) is 6.64. The summed E-state index contributed by atoms with van der Waals surface area (Å²) < 4.78 is 4.80. The van der Waals surface area contributed by atoms with Gasteiger partial charge in [-0.05, 0) is 31.4 Å². The van der Waals surface area contributed by atoms with E-state index in [1.54, 1.807) is 6.92 Å². The number of hydrogen-bond acceptors (Lipinski definition) is 4. The molecular weight excluding hydrogens is 260 g/mol. The van der Waals surface area contributed by atoms with E-state index in [-0.39, 0.29) is 11.9 Å². The number of rotatable bonds is 7. The number of carbonyl (C=O) groups excluding carboxylic acids is 2. The quantitative estimate of drug-likeness (QED) is 0.436. The van der Waals surface area contributed by atoms with Crippen molar-refractivity contribution in [2.75, 3.05) is 6.61 Å². The molecule has 0 aromatic heterocycles. The molecule has 0 fully saturated rings. The Morgan fingerprint density at radius 2 is 1.84 bits per heavy atom. The number of ketones is 1. The van der Waals surface area contributed by atoms with Crippen molar-refractivity contribution >= 4 is 23.5 Å². The number of benzene rings is 1. The molecule has 1 rings (SSSR count). The average Bonchev–Trinajstić information content (AvgIpc) is 2.38. The Balaban J connectivity index is 2.77. The zero-order valence-corrected chi connectivity index (χ0v) is 12.4. The maximum absolute atomic E-state index is 12.1. The normalized spacial score (nSPS) is 12.2. The smallest absolute Gasteiger partial charge is 0.375 e. The van der Waals surface area contributed by atoms with Crippen LogP contribution in [-0.4, -0.2) is 23.6 Å². The predicted octanol–water partition coefficient (Wildman–Crippen LogP) is 3.33. The number of carbonyl (C=O) groups is 2. The first-order valence-electron chi connectivity index (χ1n) is 6.47. The third-order valence-corrected chi connectivity index (χ3v) is 3.71. The third kappa shape index (κ3) is 5.47. The maximum atomic E-state index is 12.1. The number of ether oxygens (including phenoxy) is 1. The van der Waals surface area contributed by atoms with Gasteiger partial charge < -0.3 is 4.74 Å². The van der Waals surface area contributed by atoms with E-state index in [1.807, 2.05) is 44.2 Å². The van der Waals surface area contributed by atoms with Crippen molar-refractivity contribution in [1.29, 1.82) is 0 Å². The molecule has 0 bridgehead atoms. The summed E-state index contributed by atoms with van der Waals surface area (Å²) >= 11 is 1.43. The molecule has 0 aliphatic rings. The summed E-state index contributed by atoms with van der Waals surface area (Å²) in [7, 11) is 0. The first-order valence-corrected chi connectivity index (χ1v) is 7.35. The molecule has 0 saturated carbocycles. The lowest BCUT2D eigenvalue weighted by Crippen LogP contribution is -2.29. The van der Waals surface area contributed by atoms with E-state index in [0.29, 0.717) is 12.3 Å². The summed E-state index contributed by atoms with van der Waals surface area (Å²) in [5.41, 5.74) is 0. The minimum Gasteiger partial charge on any atom is -0.460 e. The van der Waals surface area contributed by atoms with Crippen LogP contribution in [0.2, 0.25) is 0 Å². The fraction of sp³-hybridized carbons (Fsp3) is 0.467. The van der Waals surface area contributed by atoms with Crippen LogP contribution in [0, 0.1) is 5.92 Å². The molecular formula is C15H20O3S. The van der Waals surface area contributed by atoms with Gasteiger partial charge in [-0.15, -0.1) is 11.8 Å². The average molecular weight is 280 g/mol. The van der Waals surface area contributed by atoms with Crippen LogP contribution in [0.5, 0.6) is 0 Å². The molecule has 19 heavy (non-hydrogen) atoms. The van der Waals surface area contributed by atoms with Crippen molar-refractivity contribution in [3.63, 3.8) is 0 Å². The number of thioether (sulfide) groups is 1. The Bertz CT molecular complexity index is 415. The van der Waals surface area contributed by atoms with E-state index in [4.69, 9.17) is 4.74 Å². The van der Waals surface area contributed by atoms with Gasteiger partial charge in [-0.2, -0.15) is 0 Å². The van der Waals surface area contributed by atoms with Gasteiger partial charge in [0.25, 0.3) is 5.78 Å². The minimum atomic E-state index is -0.725. The Morgan fingerprint density at radius 3 is 2.37 bits per heavy atom. The van der Waals surface area contributed by atoms with E-state index < -0.39 is 11.8 Å². The van der Waals surface area contributed by atoms with Crippen molar-refractivity contribution in [3.8, 4) is 0 Å². The molecule has 3 nitrogen and oxygen atoms in total. The van der Waals surface area contributed by atoms with Crippen molar-refractivity contribution in [2.24, 2.45) is 5.92 Å². The largest absolute Gasteiger partial charge is 0.460 e. The van der Waals surface area contributed by atoms with Crippen LogP contribution in [0.3, 0.4) is 0 Å². The number of hydrogen-bond donors (Lipinski definition) is 0. The number of esters is 1. The van der Waals surface area contributed by atoms with Crippen LogP contribution < -0.4 is 0 Å². The number of Topliss-reactive ketones (excluding diaryl/α,β-unsaturated/α-hetero) is 1. The molecule has 0 aliphatic carbocycles. The zero-order chi connectivity index (χ0) is 14.3. The molecule has 0 spiro atoms. The Labute approximate surface area is 118 Å². The second-order valence-corrected chi connectivity index (χ2v) is 5.91. The van der Waals surface area contributed by atoms with Crippen LogP contribution in [0.25, 0.3) is 0 Å². The van der Waals surface area contributed by atoms with E-state index >= 15 is 0 Å². The van der Waals surface area contributed by atoms with Crippen molar-refractivity contribution < 1.29 is 14.3 Å². The van der Waals surface area contributed by atoms with E-state index in [2.05, 4.69) is 0 Å². The van der Waals surface area contributed by atoms with Crippen molar-refractivity contribution in [2.45, 2.75) is 37.3 Å². The first kappa shape index (κ1) is 15.8. The summed E-state index contributed by atoms with van der Waals surface area (Å²) in [4.78, 5) is 24.6. The van der Waals surface area contributed by atoms with Gasteiger partial charge in [-0.25, -0.2) is 4.79 Å². The van der Waals surface area contributed by atoms with Crippen molar-refractivity contribution in [3.05, 3.63) is 30.3 Å². The molecule has 0 radical (unpaired) electrons. The van der Waals surface area contributed by atoms with Crippen molar-refractivity contribution in [1.82, 2.24) is 0 Å². The standard InChI is InChI=1S/C15H20O3S/c1-4-18-15(17)14(16)13(10-11(2)3)19-12-8-6-5-7-9-12/h5-9,11,13H,4,10H2,1-3H3. The third-order valence-electron chi connectivity index (χ3n) is 2.48. The van der Waals surface area contributed by atoms with Gasteiger partial charge in [0.2, 0.25) is 0 Å². The van der Waals surface area contributed by atoms with Crippen LogP contribution in [-0.2, 0) is 14.3 Å². The van der Waals surface area contributed by atoms with Crippen LogP contribution >= 0.6 is 11.8 Å². The van der Waals surface area contributed by atoms with Gasteiger partial charge in [-0.1, -0.05) is 32.0 Å². The highest BCUT2D eigenvalue weighted by Gasteiger charge is 2.28. The lowest BCUT2D eigenvalue weighted by molar-refractivity contribution is -0.153. The van der Waals surface area contributed by atoms with Crippen LogP contribution in [0.1, 0.15) is 27.2 Å². The second kappa shape index (κ2) is 8.00. The SMILES string of the molecule is CCOC(=O)C(=O)C(CC(C)C)Sc1ccccc1. The molecule has 0 N–H and O–H groups in total. The van der Waals surface area contributed by atoms with Crippen LogP contribution in [0.4, 0.5) is 0 Å². The molecule has 0 aliphatic heterocycles. The fourth-order valence-electron chi connectivity index (χ4n) is 1.63. The molecule has 1 aromatic rings. The second-order valence-electron chi connectivity index (χ2n) is 4.63. The lowest BCUT2D eigenvalue weighted by Gasteiger charge is -2.16. The molecule has 0 saturated heterocycles. The Morgan fingerprint density at radius 1 is 1.21 bits per heavy atom. The first-order chi connectivity index (χ1) is 9.04. The van der Waals surface area contributed by atoms with Gasteiger partial charge in [-0.3, -0.25) is 4.79 Å². The summed E-state index contributed by atoms with van der Waals surface area (Å²) in [6, 6.07) is 9.65. The van der Waals surface area contributed by atoms with Crippen LogP contribution in [0.15, 0.2) is 35.2 Å². The van der Waals surface area contributed by atoms with E-state index in [0.717, 1.165) is 4.90 Å². The summed E-state index contributed by atoms with van der Waals surface area (Å²) in [6.45, 7) is 6.01. The minimum absolute atomic E-state index is 0.231. The topological polar surface area (TPSA) is 43.4 Å².